The van der Waals surface area contributed by atoms with Gasteiger partial charge >= 0.3 is 18.6 Å². The maximum Gasteiger partial charge on any atom is 2.00 e. The van der Waals surface area contributed by atoms with Crippen molar-refractivity contribution >= 4 is 0 Å². The van der Waals surface area contributed by atoms with Crippen molar-refractivity contribution in [1.82, 2.24) is 0 Å². The zero-order valence-corrected chi connectivity index (χ0v) is 7.62. The summed E-state index contributed by atoms with van der Waals surface area (Å²) in [5, 5.41) is 0. The van der Waals surface area contributed by atoms with E-state index in [0.29, 0.717) is 0 Å². The van der Waals surface area contributed by atoms with Gasteiger partial charge in [0.15, 0.2) is 0 Å². The molecule has 2 aromatic rings. The van der Waals surface area contributed by atoms with Crippen molar-refractivity contribution in [3.8, 4) is 0 Å². The average molecular weight is 181 g/mol. The van der Waals surface area contributed by atoms with E-state index in [1.807, 2.05) is 60.7 Å². The second-order valence-electron chi connectivity index (χ2n) is 1.92. The summed E-state index contributed by atoms with van der Waals surface area (Å²) in [6.45, 7) is 0. The van der Waals surface area contributed by atoms with Crippen LogP contribution >= 0.6 is 0 Å². The number of rotatable bonds is 0. The molecule has 1 heteroatoms. The summed E-state index contributed by atoms with van der Waals surface area (Å²) in [5.41, 5.74) is 0. The SMILES string of the molecule is [V+2].c1cc[cH-]c1.c1cc[cH-]c1. The van der Waals surface area contributed by atoms with Crippen LogP contribution in [-0.4, -0.2) is 0 Å². The van der Waals surface area contributed by atoms with Crippen molar-refractivity contribution in [3.05, 3.63) is 60.7 Å². The van der Waals surface area contributed by atoms with Gasteiger partial charge in [0.1, 0.15) is 0 Å². The Kier molecular flexibility index (Phi) is 6.91. The van der Waals surface area contributed by atoms with Crippen molar-refractivity contribution in [2.45, 2.75) is 0 Å². The van der Waals surface area contributed by atoms with E-state index in [0.717, 1.165) is 0 Å². The molecule has 0 fully saturated rings. The average Bonchev–Trinajstić information content (AvgIpc) is 2.67. The molecular weight excluding hydrogens is 171 g/mol. The van der Waals surface area contributed by atoms with Crippen molar-refractivity contribution in [1.29, 1.82) is 0 Å². The van der Waals surface area contributed by atoms with Crippen LogP contribution in [0.1, 0.15) is 0 Å². The molecule has 0 unspecified atom stereocenters. The van der Waals surface area contributed by atoms with Crippen LogP contribution in [0.25, 0.3) is 0 Å². The van der Waals surface area contributed by atoms with Gasteiger partial charge in [0.2, 0.25) is 0 Å². The summed E-state index contributed by atoms with van der Waals surface area (Å²) >= 11 is 0. The fourth-order valence-corrected chi connectivity index (χ4v) is 0.642. The number of hydrogen-bond donors (Lipinski definition) is 0. The van der Waals surface area contributed by atoms with E-state index in [-0.39, 0.29) is 18.6 Å². The zero-order valence-electron chi connectivity index (χ0n) is 6.22. The smallest absolute Gasteiger partial charge is 0.214 e. The Labute approximate surface area is 79.5 Å². The van der Waals surface area contributed by atoms with Gasteiger partial charge in [-0.2, -0.15) is 36.4 Å². The minimum absolute atomic E-state index is 0. The second-order valence-corrected chi connectivity index (χ2v) is 1.92. The predicted molar refractivity (Wildman–Crippen MR) is 44.1 cm³/mol. The van der Waals surface area contributed by atoms with Crippen molar-refractivity contribution in [3.63, 3.8) is 0 Å². The molecule has 0 nitrogen and oxygen atoms in total. The second kappa shape index (κ2) is 7.39. The Balaban J connectivity index is 0.000000167. The van der Waals surface area contributed by atoms with E-state index in [1.165, 1.54) is 0 Å². The van der Waals surface area contributed by atoms with Gasteiger partial charge < -0.3 is 0 Å². The monoisotopic (exact) mass is 181 g/mol. The summed E-state index contributed by atoms with van der Waals surface area (Å²) in [4.78, 5) is 0. The van der Waals surface area contributed by atoms with E-state index in [9.17, 15) is 0 Å². The molecule has 0 aromatic heterocycles. The van der Waals surface area contributed by atoms with Gasteiger partial charge in [0.25, 0.3) is 0 Å². The van der Waals surface area contributed by atoms with Gasteiger partial charge in [-0.05, 0) is 0 Å². The van der Waals surface area contributed by atoms with Crippen LogP contribution in [0.2, 0.25) is 0 Å². The summed E-state index contributed by atoms with van der Waals surface area (Å²) < 4.78 is 0. The van der Waals surface area contributed by atoms with Crippen LogP contribution in [0.3, 0.4) is 0 Å². The first-order valence-electron chi connectivity index (χ1n) is 3.33. The third-order valence-electron chi connectivity index (χ3n) is 1.11. The topological polar surface area (TPSA) is 0 Å². The van der Waals surface area contributed by atoms with Gasteiger partial charge in [-0.15, -0.1) is 0 Å². The maximum atomic E-state index is 2.00. The van der Waals surface area contributed by atoms with Gasteiger partial charge in [0.05, 0.1) is 0 Å². The van der Waals surface area contributed by atoms with Crippen LogP contribution in [-0.2, 0) is 18.6 Å². The molecule has 0 atom stereocenters. The van der Waals surface area contributed by atoms with Crippen molar-refractivity contribution < 1.29 is 18.6 Å². The Morgan fingerprint density at radius 1 is 0.545 bits per heavy atom. The molecule has 0 heterocycles. The van der Waals surface area contributed by atoms with Gasteiger partial charge in [0, 0.05) is 0 Å². The van der Waals surface area contributed by atoms with E-state index in [4.69, 9.17) is 0 Å². The largest absolute Gasteiger partial charge is 2.00 e. The Morgan fingerprint density at radius 3 is 0.909 bits per heavy atom. The molecule has 55 valence electrons. The molecule has 2 rings (SSSR count). The predicted octanol–water partition coefficient (Wildman–Crippen LogP) is 2.81. The third-order valence-corrected chi connectivity index (χ3v) is 1.11. The molecule has 0 N–H and O–H groups in total. The van der Waals surface area contributed by atoms with E-state index in [2.05, 4.69) is 0 Å². The Morgan fingerprint density at radius 2 is 0.818 bits per heavy atom. The van der Waals surface area contributed by atoms with Crippen LogP contribution in [0.15, 0.2) is 60.7 Å². The minimum atomic E-state index is 0. The molecule has 0 bridgehead atoms. The van der Waals surface area contributed by atoms with Crippen molar-refractivity contribution in [2.24, 2.45) is 0 Å². The first kappa shape index (κ1) is 10.3. The van der Waals surface area contributed by atoms with Crippen LogP contribution in [0.4, 0.5) is 0 Å². The number of hydrogen-bond acceptors (Lipinski definition) is 0. The normalized spacial score (nSPS) is 7.27. The van der Waals surface area contributed by atoms with Crippen LogP contribution < -0.4 is 0 Å². The van der Waals surface area contributed by atoms with Gasteiger partial charge in [-0.25, -0.2) is 24.3 Å². The molecule has 0 aliphatic heterocycles. The molecule has 1 radical (unpaired) electrons. The summed E-state index contributed by atoms with van der Waals surface area (Å²) in [7, 11) is 0. The molecule has 0 saturated heterocycles. The molecule has 0 saturated carbocycles. The molecular formula is C10H10V. The molecule has 0 spiro atoms. The Hall–Kier alpha value is -0.716. The fraction of sp³-hybridized carbons (Fsp3) is 0. The minimum Gasteiger partial charge on any atom is -0.214 e. The summed E-state index contributed by atoms with van der Waals surface area (Å²) in [6, 6.07) is 20.0. The third kappa shape index (κ3) is 5.72. The Bertz CT molecular complexity index is 144. The zero-order chi connectivity index (χ0) is 7.07. The summed E-state index contributed by atoms with van der Waals surface area (Å²) in [6.07, 6.45) is 0. The standard InChI is InChI=1S/2C5H5.V/c2*1-2-4-5-3-1;/h2*1-5H;/q2*-1;+2. The van der Waals surface area contributed by atoms with Crippen LogP contribution in [0, 0.1) is 0 Å². The van der Waals surface area contributed by atoms with Crippen molar-refractivity contribution in [2.75, 3.05) is 0 Å². The van der Waals surface area contributed by atoms with E-state index < -0.39 is 0 Å². The fourth-order valence-electron chi connectivity index (χ4n) is 0.642. The van der Waals surface area contributed by atoms with E-state index >= 15 is 0 Å². The maximum absolute atomic E-state index is 2.00. The summed E-state index contributed by atoms with van der Waals surface area (Å²) in [5.74, 6) is 0. The van der Waals surface area contributed by atoms with Gasteiger partial charge in [-0.1, -0.05) is 0 Å². The van der Waals surface area contributed by atoms with Gasteiger partial charge in [-0.3, -0.25) is 0 Å². The van der Waals surface area contributed by atoms with E-state index in [1.54, 1.807) is 0 Å². The van der Waals surface area contributed by atoms with Crippen LogP contribution in [0.5, 0.6) is 0 Å². The first-order chi connectivity index (χ1) is 5.00. The molecule has 2 aromatic carbocycles. The molecule has 0 aliphatic carbocycles. The first-order valence-corrected chi connectivity index (χ1v) is 3.33. The quantitative estimate of drug-likeness (QED) is 0.548. The molecule has 11 heavy (non-hydrogen) atoms. The molecule has 0 amide bonds. The molecule has 0 aliphatic rings.